The highest BCUT2D eigenvalue weighted by atomic mass is 35.5. The predicted molar refractivity (Wildman–Crippen MR) is 98.1 cm³/mol. The van der Waals surface area contributed by atoms with Crippen molar-refractivity contribution < 1.29 is 18.0 Å². The number of nitrogens with zero attached hydrogens (tertiary/aromatic N) is 2. The zero-order valence-corrected chi connectivity index (χ0v) is 16.1. The Labute approximate surface area is 159 Å². The molecule has 0 radical (unpaired) electrons. The van der Waals surface area contributed by atoms with E-state index in [4.69, 9.17) is 0 Å². The van der Waals surface area contributed by atoms with Crippen molar-refractivity contribution in [2.45, 2.75) is 43.2 Å². The van der Waals surface area contributed by atoms with Crippen molar-refractivity contribution in [1.82, 2.24) is 14.5 Å². The van der Waals surface area contributed by atoms with Gasteiger partial charge in [-0.15, -0.1) is 12.4 Å². The normalized spacial score (nSPS) is 26.3. The summed E-state index contributed by atoms with van der Waals surface area (Å²) in [6.07, 6.45) is 3.12. The lowest BCUT2D eigenvalue weighted by molar-refractivity contribution is 0.0747. The molecular weight excluding hydrogens is 378 g/mol. The highest BCUT2D eigenvalue weighted by Crippen LogP contribution is 2.31. The summed E-state index contributed by atoms with van der Waals surface area (Å²) in [6, 6.07) is 5.16. The fraction of sp³-hybridized carbons (Fsp3) is 0.529. The Kier molecular flexibility index (Phi) is 5.02. The molecule has 0 spiro atoms. The van der Waals surface area contributed by atoms with Gasteiger partial charge >= 0.3 is 0 Å². The van der Waals surface area contributed by atoms with Crippen LogP contribution in [0.15, 0.2) is 23.1 Å². The zero-order chi connectivity index (χ0) is 17.8. The minimum absolute atomic E-state index is 0. The number of amides is 2. The summed E-state index contributed by atoms with van der Waals surface area (Å²) in [7, 11) is -3.85. The maximum Gasteiger partial charge on any atom is 0.268 e. The first-order chi connectivity index (χ1) is 11.9. The molecule has 7 nitrogen and oxygen atoms in total. The molecule has 1 N–H and O–H groups in total. The highest BCUT2D eigenvalue weighted by molar-refractivity contribution is 7.90. The average Bonchev–Trinajstić information content (AvgIpc) is 3.01. The van der Waals surface area contributed by atoms with Crippen LogP contribution in [0.4, 0.5) is 0 Å². The minimum Gasteiger partial charge on any atom is -0.337 e. The van der Waals surface area contributed by atoms with Gasteiger partial charge in [-0.3, -0.25) is 9.59 Å². The van der Waals surface area contributed by atoms with E-state index in [0.717, 1.165) is 23.6 Å². The summed E-state index contributed by atoms with van der Waals surface area (Å²) in [6.45, 7) is 3.00. The van der Waals surface area contributed by atoms with Crippen molar-refractivity contribution in [3.05, 3.63) is 29.3 Å². The van der Waals surface area contributed by atoms with Gasteiger partial charge in [0, 0.05) is 37.3 Å². The van der Waals surface area contributed by atoms with Gasteiger partial charge in [0.1, 0.15) is 4.90 Å². The Balaban J connectivity index is 0.00000196. The van der Waals surface area contributed by atoms with Crippen molar-refractivity contribution in [1.29, 1.82) is 0 Å². The van der Waals surface area contributed by atoms with Gasteiger partial charge in [0.2, 0.25) is 0 Å². The molecule has 2 saturated heterocycles. The highest BCUT2D eigenvalue weighted by Gasteiger charge is 2.41. The van der Waals surface area contributed by atoms with Gasteiger partial charge in [-0.25, -0.2) is 12.7 Å². The number of nitrogens with one attached hydrogen (secondary N) is 1. The van der Waals surface area contributed by atoms with Crippen LogP contribution >= 0.6 is 12.4 Å². The van der Waals surface area contributed by atoms with Crippen LogP contribution in [0.25, 0.3) is 0 Å². The van der Waals surface area contributed by atoms with Crippen LogP contribution in [0.2, 0.25) is 0 Å². The summed E-state index contributed by atoms with van der Waals surface area (Å²) < 4.78 is 25.9. The first-order valence-corrected chi connectivity index (χ1v) is 10.1. The van der Waals surface area contributed by atoms with Crippen molar-refractivity contribution in [2.24, 2.45) is 0 Å². The van der Waals surface area contributed by atoms with E-state index in [1.54, 1.807) is 17.9 Å². The first kappa shape index (κ1) is 19.1. The largest absolute Gasteiger partial charge is 0.337 e. The number of carbonyl (C=O) groups excluding carboxylic acids is 2. The number of likely N-dealkylation sites (tertiary alicyclic amines) is 1. The van der Waals surface area contributed by atoms with Crippen molar-refractivity contribution >= 4 is 34.2 Å². The van der Waals surface area contributed by atoms with E-state index in [9.17, 15) is 18.0 Å². The molecule has 0 aromatic heterocycles. The van der Waals surface area contributed by atoms with Crippen LogP contribution in [0.3, 0.4) is 0 Å². The Bertz CT molecular complexity index is 858. The Morgan fingerprint density at radius 1 is 1.23 bits per heavy atom. The van der Waals surface area contributed by atoms with Crippen molar-refractivity contribution in [3.8, 4) is 0 Å². The van der Waals surface area contributed by atoms with E-state index in [2.05, 4.69) is 5.32 Å². The Hall–Kier alpha value is -1.64. The van der Waals surface area contributed by atoms with Gasteiger partial charge in [0.05, 0.1) is 5.56 Å². The Morgan fingerprint density at radius 3 is 2.69 bits per heavy atom. The summed E-state index contributed by atoms with van der Waals surface area (Å²) in [5.41, 5.74) is 0.473. The molecule has 0 aliphatic carbocycles. The number of hydrogen-bond donors (Lipinski definition) is 1. The summed E-state index contributed by atoms with van der Waals surface area (Å²) in [5.74, 6) is -0.692. The number of sulfonamides is 1. The van der Waals surface area contributed by atoms with Crippen LogP contribution in [-0.2, 0) is 10.0 Å². The van der Waals surface area contributed by atoms with Gasteiger partial charge < -0.3 is 10.2 Å². The molecule has 2 atom stereocenters. The number of carbonyl (C=O) groups is 2. The molecule has 2 amide bonds. The van der Waals surface area contributed by atoms with Crippen LogP contribution in [0.1, 0.15) is 46.9 Å². The molecular formula is C17H22ClN3O4S. The monoisotopic (exact) mass is 399 g/mol. The molecule has 9 heteroatoms. The molecule has 3 aliphatic heterocycles. The molecule has 1 aromatic carbocycles. The van der Waals surface area contributed by atoms with E-state index in [1.165, 1.54) is 12.1 Å². The fourth-order valence-corrected chi connectivity index (χ4v) is 5.63. The first-order valence-electron chi connectivity index (χ1n) is 8.68. The molecule has 0 saturated carbocycles. The second-order valence-electron chi connectivity index (χ2n) is 6.86. The summed E-state index contributed by atoms with van der Waals surface area (Å²) >= 11 is 0. The lowest BCUT2D eigenvalue weighted by atomic mass is 10.1. The van der Waals surface area contributed by atoms with E-state index >= 15 is 0 Å². The SMILES string of the molecule is CCN1C(=O)c2ccc(C(=O)N3CCC4CCC(C3)N4)cc2S1(=O)=O.Cl. The molecule has 1 aromatic rings. The van der Waals surface area contributed by atoms with Gasteiger partial charge in [0.25, 0.3) is 21.8 Å². The lowest BCUT2D eigenvalue weighted by Crippen LogP contribution is -2.39. The summed E-state index contributed by atoms with van der Waals surface area (Å²) in [4.78, 5) is 26.8. The average molecular weight is 400 g/mol. The van der Waals surface area contributed by atoms with E-state index in [0.29, 0.717) is 30.7 Å². The van der Waals surface area contributed by atoms with Gasteiger partial charge in [0.15, 0.2) is 0 Å². The van der Waals surface area contributed by atoms with Crippen LogP contribution < -0.4 is 5.32 Å². The third kappa shape index (κ3) is 2.90. The lowest BCUT2D eigenvalue weighted by Gasteiger charge is -2.24. The third-order valence-electron chi connectivity index (χ3n) is 5.35. The van der Waals surface area contributed by atoms with Crippen LogP contribution in [-0.4, -0.2) is 61.2 Å². The number of fused-ring (bicyclic) bond motifs is 3. The molecule has 3 aliphatic rings. The molecule has 2 bridgehead atoms. The fourth-order valence-electron chi connectivity index (χ4n) is 4.03. The number of rotatable bonds is 2. The van der Waals surface area contributed by atoms with Gasteiger partial charge in [-0.2, -0.15) is 0 Å². The maximum atomic E-state index is 12.9. The van der Waals surface area contributed by atoms with Crippen molar-refractivity contribution in [2.75, 3.05) is 19.6 Å². The molecule has 3 heterocycles. The van der Waals surface area contributed by atoms with E-state index in [-0.39, 0.29) is 35.3 Å². The zero-order valence-electron chi connectivity index (χ0n) is 14.5. The molecule has 142 valence electrons. The molecule has 2 fully saturated rings. The molecule has 4 rings (SSSR count). The smallest absolute Gasteiger partial charge is 0.268 e. The standard InChI is InChI=1S/C17H21N3O4S.ClH/c1-2-20-17(22)14-6-3-11(9-15(14)25(20,23)24)16(21)19-8-7-12-4-5-13(10-19)18-12;/h3,6,9,12-13,18H,2,4-5,7-8,10H2,1H3;1H. The van der Waals surface area contributed by atoms with Crippen molar-refractivity contribution in [3.63, 3.8) is 0 Å². The number of hydrogen-bond acceptors (Lipinski definition) is 5. The maximum absolute atomic E-state index is 12.9. The second kappa shape index (κ2) is 6.83. The second-order valence-corrected chi connectivity index (χ2v) is 8.69. The molecule has 26 heavy (non-hydrogen) atoms. The van der Waals surface area contributed by atoms with Gasteiger partial charge in [-0.1, -0.05) is 0 Å². The topological polar surface area (TPSA) is 86.8 Å². The van der Waals surface area contributed by atoms with Gasteiger partial charge in [-0.05, 0) is 44.4 Å². The van der Waals surface area contributed by atoms with E-state index < -0.39 is 15.9 Å². The molecule has 2 unspecified atom stereocenters. The van der Waals surface area contributed by atoms with Crippen LogP contribution in [0, 0.1) is 0 Å². The quantitative estimate of drug-likeness (QED) is 0.808. The predicted octanol–water partition coefficient (Wildman–Crippen LogP) is 1.24. The number of benzene rings is 1. The number of halogens is 1. The summed E-state index contributed by atoms with van der Waals surface area (Å²) in [5, 5.41) is 3.52. The Morgan fingerprint density at radius 2 is 1.96 bits per heavy atom. The van der Waals surface area contributed by atoms with E-state index in [1.807, 2.05) is 0 Å². The minimum atomic E-state index is -3.85. The third-order valence-corrected chi connectivity index (χ3v) is 7.25. The van der Waals surface area contributed by atoms with Crippen LogP contribution in [0.5, 0.6) is 0 Å².